The van der Waals surface area contributed by atoms with E-state index in [0.717, 1.165) is 32.1 Å². The van der Waals surface area contributed by atoms with Crippen LogP contribution in [0.3, 0.4) is 0 Å². The highest BCUT2D eigenvalue weighted by Gasteiger charge is 2.14. The van der Waals surface area contributed by atoms with Gasteiger partial charge in [-0.05, 0) is 30.4 Å². The van der Waals surface area contributed by atoms with Crippen LogP contribution >= 0.6 is 0 Å². The van der Waals surface area contributed by atoms with Crippen molar-refractivity contribution in [2.45, 2.75) is 52.4 Å². The second-order valence-corrected chi connectivity index (χ2v) is 5.50. The van der Waals surface area contributed by atoms with Crippen LogP contribution < -0.4 is 10.4 Å². The number of hydrogen-bond acceptors (Lipinski definition) is 3. The van der Waals surface area contributed by atoms with Crippen LogP contribution in [0.2, 0.25) is 0 Å². The van der Waals surface area contributed by atoms with Crippen molar-refractivity contribution >= 4 is 10.8 Å². The highest BCUT2D eigenvalue weighted by molar-refractivity contribution is 5.83. The molecule has 0 unspecified atom stereocenters. The SMILES string of the molecule is CCCCCOc1ccc2cc(CCCC)oc(=O)c2c1F. The van der Waals surface area contributed by atoms with Crippen molar-refractivity contribution in [1.29, 1.82) is 0 Å². The minimum atomic E-state index is -0.625. The fraction of sp³-hybridized carbons (Fsp3) is 0.500. The van der Waals surface area contributed by atoms with Gasteiger partial charge in [-0.2, -0.15) is 0 Å². The van der Waals surface area contributed by atoms with E-state index in [1.807, 2.05) is 0 Å². The highest BCUT2D eigenvalue weighted by atomic mass is 19.1. The first kappa shape index (κ1) is 16.5. The van der Waals surface area contributed by atoms with Crippen molar-refractivity contribution < 1.29 is 13.5 Å². The van der Waals surface area contributed by atoms with Crippen molar-refractivity contribution in [2.24, 2.45) is 0 Å². The number of unbranched alkanes of at least 4 members (excludes halogenated alkanes) is 3. The van der Waals surface area contributed by atoms with Crippen molar-refractivity contribution in [1.82, 2.24) is 0 Å². The molecule has 120 valence electrons. The van der Waals surface area contributed by atoms with Gasteiger partial charge in [-0.25, -0.2) is 9.18 Å². The second kappa shape index (κ2) is 7.97. The third-order valence-electron chi connectivity index (χ3n) is 3.67. The molecule has 1 heterocycles. The summed E-state index contributed by atoms with van der Waals surface area (Å²) in [6.45, 7) is 4.62. The Bertz CT molecular complexity index is 676. The third-order valence-corrected chi connectivity index (χ3v) is 3.67. The van der Waals surface area contributed by atoms with Gasteiger partial charge in [0.15, 0.2) is 11.6 Å². The normalized spacial score (nSPS) is 11.0. The van der Waals surface area contributed by atoms with Gasteiger partial charge in [0.05, 0.1) is 6.61 Å². The number of rotatable bonds is 8. The Hall–Kier alpha value is -1.84. The minimum absolute atomic E-state index is 0.0201. The standard InChI is InChI=1S/C18H23FO3/c1-3-5-7-11-21-15-10-9-13-12-14(8-6-4-2)22-18(20)16(13)17(15)19/h9-10,12H,3-8,11H2,1-2H3. The summed E-state index contributed by atoms with van der Waals surface area (Å²) >= 11 is 0. The molecule has 0 spiro atoms. The smallest absolute Gasteiger partial charge is 0.346 e. The van der Waals surface area contributed by atoms with Crippen molar-refractivity contribution in [3.05, 3.63) is 40.2 Å². The van der Waals surface area contributed by atoms with E-state index >= 15 is 0 Å². The Balaban J connectivity index is 2.27. The monoisotopic (exact) mass is 306 g/mol. The van der Waals surface area contributed by atoms with Gasteiger partial charge >= 0.3 is 5.63 Å². The topological polar surface area (TPSA) is 39.4 Å². The van der Waals surface area contributed by atoms with Gasteiger partial charge in [-0.3, -0.25) is 0 Å². The molecular formula is C18H23FO3. The van der Waals surface area contributed by atoms with E-state index in [1.54, 1.807) is 18.2 Å². The summed E-state index contributed by atoms with van der Waals surface area (Å²) in [4.78, 5) is 12.0. The maximum atomic E-state index is 14.4. The van der Waals surface area contributed by atoms with Gasteiger partial charge in [-0.1, -0.05) is 39.2 Å². The van der Waals surface area contributed by atoms with Crippen LogP contribution in [0.4, 0.5) is 4.39 Å². The lowest BCUT2D eigenvalue weighted by atomic mass is 10.1. The van der Waals surface area contributed by atoms with Gasteiger partial charge in [0.1, 0.15) is 11.1 Å². The molecule has 0 saturated carbocycles. The maximum Gasteiger partial charge on any atom is 0.346 e. The fourth-order valence-corrected chi connectivity index (χ4v) is 2.39. The number of hydrogen-bond donors (Lipinski definition) is 0. The Labute approximate surface area is 130 Å². The average Bonchev–Trinajstić information content (AvgIpc) is 2.51. The molecule has 0 bridgehead atoms. The average molecular weight is 306 g/mol. The number of halogens is 1. The molecule has 0 saturated heterocycles. The third kappa shape index (κ3) is 3.87. The summed E-state index contributed by atoms with van der Waals surface area (Å²) in [5.74, 6) is 0.109. The number of benzene rings is 1. The van der Waals surface area contributed by atoms with Gasteiger partial charge in [0.2, 0.25) is 0 Å². The van der Waals surface area contributed by atoms with Crippen LogP contribution in [0.15, 0.2) is 27.4 Å². The number of fused-ring (bicyclic) bond motifs is 1. The van der Waals surface area contributed by atoms with Gasteiger partial charge in [0.25, 0.3) is 0 Å². The predicted molar refractivity (Wildman–Crippen MR) is 86.1 cm³/mol. The Morgan fingerprint density at radius 2 is 1.91 bits per heavy atom. The molecule has 4 heteroatoms. The molecule has 0 amide bonds. The molecule has 2 rings (SSSR count). The van der Waals surface area contributed by atoms with Crippen molar-refractivity contribution in [3.63, 3.8) is 0 Å². The van der Waals surface area contributed by atoms with E-state index in [4.69, 9.17) is 9.15 Å². The zero-order valence-corrected chi connectivity index (χ0v) is 13.3. The zero-order chi connectivity index (χ0) is 15.9. The lowest BCUT2D eigenvalue weighted by molar-refractivity contribution is 0.292. The molecule has 0 aliphatic heterocycles. The van der Waals surface area contributed by atoms with Crippen LogP contribution in [0.25, 0.3) is 10.8 Å². The van der Waals surface area contributed by atoms with Gasteiger partial charge < -0.3 is 9.15 Å². The van der Waals surface area contributed by atoms with Gasteiger partial charge in [-0.15, -0.1) is 0 Å². The lowest BCUT2D eigenvalue weighted by Gasteiger charge is -2.09. The molecule has 0 atom stereocenters. The lowest BCUT2D eigenvalue weighted by Crippen LogP contribution is -2.07. The first-order valence-corrected chi connectivity index (χ1v) is 8.05. The largest absolute Gasteiger partial charge is 0.490 e. The molecule has 1 aromatic heterocycles. The molecule has 0 aliphatic carbocycles. The molecule has 3 nitrogen and oxygen atoms in total. The summed E-state index contributed by atoms with van der Waals surface area (Å²) in [6.07, 6.45) is 5.64. The predicted octanol–water partition coefficient (Wildman–Crippen LogP) is 4.84. The van der Waals surface area contributed by atoms with E-state index < -0.39 is 11.4 Å². The second-order valence-electron chi connectivity index (χ2n) is 5.50. The fourth-order valence-electron chi connectivity index (χ4n) is 2.39. The summed E-state index contributed by atoms with van der Waals surface area (Å²) in [5, 5.41) is 0.550. The van der Waals surface area contributed by atoms with Crippen LogP contribution in [0, 0.1) is 5.82 Å². The summed E-state index contributed by atoms with van der Waals surface area (Å²) < 4.78 is 25.1. The molecule has 0 aliphatic rings. The maximum absolute atomic E-state index is 14.4. The van der Waals surface area contributed by atoms with E-state index in [1.165, 1.54) is 0 Å². The minimum Gasteiger partial charge on any atom is -0.490 e. The molecule has 22 heavy (non-hydrogen) atoms. The van der Waals surface area contributed by atoms with Crippen LogP contribution in [-0.2, 0) is 6.42 Å². The highest BCUT2D eigenvalue weighted by Crippen LogP contribution is 2.25. The quantitative estimate of drug-likeness (QED) is 0.655. The molecule has 2 aromatic rings. The van der Waals surface area contributed by atoms with E-state index in [2.05, 4.69) is 13.8 Å². The van der Waals surface area contributed by atoms with Crippen LogP contribution in [0.5, 0.6) is 5.75 Å². The molecule has 0 N–H and O–H groups in total. The molecule has 0 fully saturated rings. The van der Waals surface area contributed by atoms with Crippen LogP contribution in [-0.4, -0.2) is 6.61 Å². The van der Waals surface area contributed by atoms with E-state index in [0.29, 0.717) is 24.2 Å². The number of ether oxygens (including phenoxy) is 1. The van der Waals surface area contributed by atoms with Crippen molar-refractivity contribution in [2.75, 3.05) is 6.61 Å². The summed E-state index contributed by atoms with van der Waals surface area (Å²) in [7, 11) is 0. The Morgan fingerprint density at radius 3 is 2.64 bits per heavy atom. The molecule has 1 aromatic carbocycles. The Kier molecular flexibility index (Phi) is 5.99. The molecule has 0 radical (unpaired) electrons. The van der Waals surface area contributed by atoms with Crippen molar-refractivity contribution in [3.8, 4) is 5.75 Å². The van der Waals surface area contributed by atoms with Crippen LogP contribution in [0.1, 0.15) is 51.7 Å². The summed E-state index contributed by atoms with van der Waals surface area (Å²) in [5.41, 5.74) is -0.625. The first-order chi connectivity index (χ1) is 10.7. The summed E-state index contributed by atoms with van der Waals surface area (Å²) in [6, 6.07) is 5.06. The first-order valence-electron chi connectivity index (χ1n) is 8.05. The zero-order valence-electron chi connectivity index (χ0n) is 13.3. The van der Waals surface area contributed by atoms with E-state index in [9.17, 15) is 9.18 Å². The number of aryl methyl sites for hydroxylation is 1. The van der Waals surface area contributed by atoms with Gasteiger partial charge in [0, 0.05) is 6.42 Å². The van der Waals surface area contributed by atoms with E-state index in [-0.39, 0.29) is 11.1 Å². The molecular weight excluding hydrogens is 283 g/mol. The Morgan fingerprint density at radius 1 is 1.14 bits per heavy atom.